The molecule has 0 radical (unpaired) electrons. The Hall–Kier alpha value is -3.38. The summed E-state index contributed by atoms with van der Waals surface area (Å²) in [6, 6.07) is 18.9. The minimum atomic E-state index is 0.00915. The van der Waals surface area contributed by atoms with Gasteiger partial charge in [-0.25, -0.2) is 0 Å². The van der Waals surface area contributed by atoms with Crippen LogP contribution in [0.1, 0.15) is 22.2 Å². The van der Waals surface area contributed by atoms with Crippen LogP contribution in [0, 0.1) is 0 Å². The van der Waals surface area contributed by atoms with Gasteiger partial charge in [0.05, 0.1) is 5.92 Å². The quantitative estimate of drug-likeness (QED) is 0.505. The summed E-state index contributed by atoms with van der Waals surface area (Å²) in [6.07, 6.45) is 3.94. The van der Waals surface area contributed by atoms with Gasteiger partial charge in [0, 0.05) is 47.3 Å². The fourth-order valence-corrected chi connectivity index (χ4v) is 3.60. The Balaban J connectivity index is 1.23. The van der Waals surface area contributed by atoms with Gasteiger partial charge in [0.25, 0.3) is 5.91 Å². The number of carbonyl (C=O) groups is 1. The first-order valence-corrected chi connectivity index (χ1v) is 9.67. The van der Waals surface area contributed by atoms with Crippen molar-refractivity contribution in [3.8, 4) is 17.1 Å². The van der Waals surface area contributed by atoms with Crippen molar-refractivity contribution in [1.29, 1.82) is 0 Å². The van der Waals surface area contributed by atoms with E-state index in [9.17, 15) is 4.79 Å². The van der Waals surface area contributed by atoms with Crippen LogP contribution in [0.15, 0.2) is 77.6 Å². The Kier molecular flexibility index (Phi) is 4.41. The Morgan fingerprint density at radius 3 is 2.52 bits per heavy atom. The molecule has 0 aliphatic carbocycles. The molecule has 7 heteroatoms. The highest BCUT2D eigenvalue weighted by Gasteiger charge is 2.36. The third-order valence-electron chi connectivity index (χ3n) is 5.06. The van der Waals surface area contributed by atoms with E-state index in [1.54, 1.807) is 17.0 Å². The van der Waals surface area contributed by atoms with E-state index in [-0.39, 0.29) is 11.8 Å². The molecule has 1 aliphatic heterocycles. The first-order chi connectivity index (χ1) is 14.2. The van der Waals surface area contributed by atoms with Crippen LogP contribution in [0.25, 0.3) is 17.1 Å². The fraction of sp³-hybridized carbons (Fsp3) is 0.136. The van der Waals surface area contributed by atoms with Crippen LogP contribution >= 0.6 is 11.6 Å². The van der Waals surface area contributed by atoms with Crippen molar-refractivity contribution in [2.75, 3.05) is 13.1 Å². The van der Waals surface area contributed by atoms with Gasteiger partial charge in [-0.1, -0.05) is 28.9 Å². The van der Waals surface area contributed by atoms with Gasteiger partial charge in [0.2, 0.25) is 11.7 Å². The minimum Gasteiger partial charge on any atom is -0.339 e. The van der Waals surface area contributed by atoms with Gasteiger partial charge in [-0.05, 0) is 48.5 Å². The zero-order valence-corrected chi connectivity index (χ0v) is 16.2. The summed E-state index contributed by atoms with van der Waals surface area (Å²) in [5.74, 6) is 1.12. The normalized spacial score (nSPS) is 14.0. The molecule has 1 saturated heterocycles. The van der Waals surface area contributed by atoms with Gasteiger partial charge in [0.15, 0.2) is 0 Å². The highest BCUT2D eigenvalue weighted by atomic mass is 35.5. The summed E-state index contributed by atoms with van der Waals surface area (Å²) in [5.41, 5.74) is 2.50. The van der Waals surface area contributed by atoms with Crippen molar-refractivity contribution in [3.05, 3.63) is 89.5 Å². The van der Waals surface area contributed by atoms with E-state index < -0.39 is 0 Å². The van der Waals surface area contributed by atoms with Crippen LogP contribution in [-0.2, 0) is 0 Å². The van der Waals surface area contributed by atoms with Gasteiger partial charge < -0.3 is 14.0 Å². The predicted molar refractivity (Wildman–Crippen MR) is 109 cm³/mol. The molecule has 0 bridgehead atoms. The molecule has 2 aromatic heterocycles. The molecular formula is C22H17ClN4O2. The molecule has 3 heterocycles. The number of halogens is 1. The molecule has 5 rings (SSSR count). The second kappa shape index (κ2) is 7.22. The standard InChI is InChI=1S/C22H17ClN4O2/c23-18-5-3-4-16(12-18)20-24-21(29-25-20)17-13-27(14-17)22(28)15-6-8-19(9-7-15)26-10-1-2-11-26/h1-12,17H,13-14H2. The zero-order valence-electron chi connectivity index (χ0n) is 15.4. The van der Waals surface area contributed by atoms with E-state index in [1.165, 1.54) is 0 Å². The Morgan fingerprint density at radius 1 is 1.03 bits per heavy atom. The Morgan fingerprint density at radius 2 is 1.79 bits per heavy atom. The molecule has 144 valence electrons. The number of likely N-dealkylation sites (tertiary alicyclic amines) is 1. The van der Waals surface area contributed by atoms with Crippen LogP contribution in [0.2, 0.25) is 5.02 Å². The van der Waals surface area contributed by atoms with Crippen molar-refractivity contribution >= 4 is 17.5 Å². The molecule has 1 fully saturated rings. The Labute approximate surface area is 172 Å². The maximum atomic E-state index is 12.7. The topological polar surface area (TPSA) is 64.2 Å². The summed E-state index contributed by atoms with van der Waals surface area (Å²) in [6.45, 7) is 1.13. The molecule has 6 nitrogen and oxygen atoms in total. The summed E-state index contributed by atoms with van der Waals surface area (Å²) in [7, 11) is 0. The number of nitrogens with zero attached hydrogens (tertiary/aromatic N) is 4. The van der Waals surface area contributed by atoms with Crippen LogP contribution in [0.3, 0.4) is 0 Å². The van der Waals surface area contributed by atoms with E-state index in [0.717, 1.165) is 11.3 Å². The lowest BCUT2D eigenvalue weighted by Gasteiger charge is -2.37. The number of benzene rings is 2. The largest absolute Gasteiger partial charge is 0.339 e. The van der Waals surface area contributed by atoms with Crippen molar-refractivity contribution in [2.24, 2.45) is 0 Å². The number of aromatic nitrogens is 3. The molecular weight excluding hydrogens is 388 g/mol. The lowest BCUT2D eigenvalue weighted by atomic mass is 9.98. The van der Waals surface area contributed by atoms with E-state index in [2.05, 4.69) is 10.1 Å². The van der Waals surface area contributed by atoms with Crippen LogP contribution in [0.5, 0.6) is 0 Å². The summed E-state index contributed by atoms with van der Waals surface area (Å²) in [5, 5.41) is 4.66. The summed E-state index contributed by atoms with van der Waals surface area (Å²) >= 11 is 6.02. The van der Waals surface area contributed by atoms with Crippen LogP contribution in [0.4, 0.5) is 0 Å². The van der Waals surface area contributed by atoms with Crippen LogP contribution < -0.4 is 0 Å². The van der Waals surface area contributed by atoms with Crippen LogP contribution in [-0.4, -0.2) is 38.6 Å². The molecule has 0 saturated carbocycles. The zero-order chi connectivity index (χ0) is 19.8. The maximum absolute atomic E-state index is 12.7. The Bertz CT molecular complexity index is 1150. The smallest absolute Gasteiger partial charge is 0.253 e. The van der Waals surface area contributed by atoms with Gasteiger partial charge in [-0.3, -0.25) is 4.79 Å². The van der Waals surface area contributed by atoms with Gasteiger partial charge in [0.1, 0.15) is 0 Å². The number of hydrogen-bond acceptors (Lipinski definition) is 4. The van der Waals surface area contributed by atoms with E-state index in [0.29, 0.717) is 35.4 Å². The molecule has 4 aromatic rings. The monoisotopic (exact) mass is 404 g/mol. The summed E-state index contributed by atoms with van der Waals surface area (Å²) in [4.78, 5) is 19.0. The second-order valence-corrected chi connectivity index (χ2v) is 7.45. The van der Waals surface area contributed by atoms with Crippen molar-refractivity contribution < 1.29 is 9.32 Å². The fourth-order valence-electron chi connectivity index (χ4n) is 3.41. The molecule has 1 aliphatic rings. The average Bonchev–Trinajstić information content (AvgIpc) is 3.39. The van der Waals surface area contributed by atoms with Crippen molar-refractivity contribution in [1.82, 2.24) is 19.6 Å². The van der Waals surface area contributed by atoms with Gasteiger partial charge in [-0.2, -0.15) is 4.98 Å². The number of rotatable bonds is 4. The van der Waals surface area contributed by atoms with E-state index in [1.807, 2.05) is 65.5 Å². The van der Waals surface area contributed by atoms with Gasteiger partial charge in [-0.15, -0.1) is 0 Å². The lowest BCUT2D eigenvalue weighted by molar-refractivity contribution is 0.0569. The van der Waals surface area contributed by atoms with Gasteiger partial charge >= 0.3 is 0 Å². The number of amides is 1. The predicted octanol–water partition coefficient (Wildman–Crippen LogP) is 4.42. The first kappa shape index (κ1) is 17.7. The maximum Gasteiger partial charge on any atom is 0.253 e. The van der Waals surface area contributed by atoms with Crippen molar-refractivity contribution in [3.63, 3.8) is 0 Å². The first-order valence-electron chi connectivity index (χ1n) is 9.29. The molecule has 29 heavy (non-hydrogen) atoms. The molecule has 0 unspecified atom stereocenters. The molecule has 1 amide bonds. The average molecular weight is 405 g/mol. The number of carbonyl (C=O) groups excluding carboxylic acids is 1. The van der Waals surface area contributed by atoms with Crippen molar-refractivity contribution in [2.45, 2.75) is 5.92 Å². The minimum absolute atomic E-state index is 0.00915. The second-order valence-electron chi connectivity index (χ2n) is 7.01. The third-order valence-corrected chi connectivity index (χ3v) is 5.29. The molecule has 2 aromatic carbocycles. The highest BCUT2D eigenvalue weighted by Crippen LogP contribution is 2.29. The molecule has 0 N–H and O–H groups in total. The molecule has 0 atom stereocenters. The van der Waals surface area contributed by atoms with E-state index >= 15 is 0 Å². The molecule has 0 spiro atoms. The third kappa shape index (κ3) is 3.43. The summed E-state index contributed by atoms with van der Waals surface area (Å²) < 4.78 is 7.41. The lowest BCUT2D eigenvalue weighted by Crippen LogP contribution is -2.48. The van der Waals surface area contributed by atoms with E-state index in [4.69, 9.17) is 16.1 Å². The number of hydrogen-bond donors (Lipinski definition) is 0. The SMILES string of the molecule is O=C(c1ccc(-n2cccc2)cc1)N1CC(c2nc(-c3cccc(Cl)c3)no2)C1. The highest BCUT2D eigenvalue weighted by molar-refractivity contribution is 6.30.